The summed E-state index contributed by atoms with van der Waals surface area (Å²) in [7, 11) is -3.10. The molecule has 3 N–H and O–H groups in total. The van der Waals surface area contributed by atoms with Crippen LogP contribution in [0.2, 0.25) is 0 Å². The van der Waals surface area contributed by atoms with Gasteiger partial charge in [-0.3, -0.25) is 0 Å². The Hall–Kier alpha value is -2.52. The van der Waals surface area contributed by atoms with Crippen LogP contribution in [0.5, 0.6) is 0 Å². The van der Waals surface area contributed by atoms with Crippen molar-refractivity contribution in [1.29, 1.82) is 0 Å². The Morgan fingerprint density at radius 2 is 1.77 bits per heavy atom. The van der Waals surface area contributed by atoms with Crippen molar-refractivity contribution in [1.82, 2.24) is 20.0 Å². The monoisotopic (exact) mass is 454 g/mol. The van der Waals surface area contributed by atoms with E-state index in [1.54, 1.807) is 11.3 Å². The summed E-state index contributed by atoms with van der Waals surface area (Å²) in [5.41, 5.74) is 5.65. The van der Waals surface area contributed by atoms with E-state index in [0.29, 0.717) is 6.54 Å². The van der Waals surface area contributed by atoms with Gasteiger partial charge in [-0.1, -0.05) is 36.4 Å². The third kappa shape index (κ3) is 5.59. The van der Waals surface area contributed by atoms with Gasteiger partial charge in [0.2, 0.25) is 10.0 Å². The largest absolute Gasteiger partial charge is 0.337 e. The standard InChI is InChI=1S/C23H26N4O2S2/c1-16-5-3-6-19-22(16)27-23(26-19)21-12-11-20(30-21)18-9-7-17(8-10-18)15-24-13-4-14-25-31(2,28)29/h3,5-12,24-25H,4,13-15H2,1-2H3,(H,26,27). The zero-order valence-corrected chi connectivity index (χ0v) is 19.2. The van der Waals surface area contributed by atoms with Gasteiger partial charge in [-0.2, -0.15) is 0 Å². The molecule has 0 aliphatic heterocycles. The number of nitrogens with zero attached hydrogens (tertiary/aromatic N) is 1. The molecule has 31 heavy (non-hydrogen) atoms. The van der Waals surface area contributed by atoms with Gasteiger partial charge >= 0.3 is 0 Å². The molecule has 6 nitrogen and oxygen atoms in total. The van der Waals surface area contributed by atoms with Crippen molar-refractivity contribution < 1.29 is 8.42 Å². The fourth-order valence-corrected chi connectivity index (χ4v) is 4.87. The van der Waals surface area contributed by atoms with E-state index in [9.17, 15) is 8.42 Å². The molecule has 0 unspecified atom stereocenters. The lowest BCUT2D eigenvalue weighted by molar-refractivity contribution is 0.579. The average molecular weight is 455 g/mol. The van der Waals surface area contributed by atoms with Crippen LogP contribution in [0.4, 0.5) is 0 Å². The third-order valence-corrected chi connectivity index (χ3v) is 6.89. The summed E-state index contributed by atoms with van der Waals surface area (Å²) >= 11 is 1.73. The molecular weight excluding hydrogens is 428 g/mol. The van der Waals surface area contributed by atoms with Crippen LogP contribution in [-0.4, -0.2) is 37.7 Å². The lowest BCUT2D eigenvalue weighted by Crippen LogP contribution is -2.26. The zero-order valence-electron chi connectivity index (χ0n) is 17.6. The first kappa shape index (κ1) is 21.7. The highest BCUT2D eigenvalue weighted by molar-refractivity contribution is 7.88. The molecule has 0 bridgehead atoms. The predicted octanol–water partition coefficient (Wildman–Crippen LogP) is 4.30. The number of H-pyrrole nitrogens is 1. The van der Waals surface area contributed by atoms with Crippen LogP contribution in [0.25, 0.3) is 32.2 Å². The normalized spacial score (nSPS) is 11.9. The number of hydrogen-bond donors (Lipinski definition) is 3. The molecule has 2 aromatic carbocycles. The van der Waals surface area contributed by atoms with Crippen LogP contribution in [0, 0.1) is 6.92 Å². The molecule has 8 heteroatoms. The van der Waals surface area contributed by atoms with Crippen LogP contribution in [0.1, 0.15) is 17.5 Å². The Morgan fingerprint density at radius 3 is 2.52 bits per heavy atom. The molecule has 0 saturated heterocycles. The summed E-state index contributed by atoms with van der Waals surface area (Å²) in [5, 5.41) is 3.35. The summed E-state index contributed by atoms with van der Waals surface area (Å²) in [5.74, 6) is 0.909. The van der Waals surface area contributed by atoms with Crippen molar-refractivity contribution in [3.8, 4) is 21.1 Å². The predicted molar refractivity (Wildman–Crippen MR) is 129 cm³/mol. The molecule has 0 atom stereocenters. The molecule has 0 fully saturated rings. The number of aromatic nitrogens is 2. The van der Waals surface area contributed by atoms with E-state index >= 15 is 0 Å². The number of nitrogens with one attached hydrogen (secondary N) is 3. The first-order chi connectivity index (χ1) is 14.9. The lowest BCUT2D eigenvalue weighted by atomic mass is 10.1. The number of fused-ring (bicyclic) bond motifs is 1. The SMILES string of the molecule is Cc1cccc2[nH]c(-c3ccc(-c4ccc(CNCCCNS(C)(=O)=O)cc4)s3)nc12. The number of aryl methyl sites for hydroxylation is 1. The number of hydrogen-bond acceptors (Lipinski definition) is 5. The Morgan fingerprint density at radius 1 is 1.00 bits per heavy atom. The number of benzene rings is 2. The molecule has 0 aliphatic carbocycles. The quantitative estimate of drug-likeness (QED) is 0.329. The Labute approximate surface area is 186 Å². The second-order valence-electron chi connectivity index (χ2n) is 7.61. The van der Waals surface area contributed by atoms with Gasteiger partial charge in [-0.25, -0.2) is 18.1 Å². The molecule has 2 heterocycles. The molecule has 0 aliphatic rings. The summed E-state index contributed by atoms with van der Waals surface area (Å²) in [6, 6.07) is 19.0. The van der Waals surface area contributed by atoms with Crippen LogP contribution < -0.4 is 10.0 Å². The molecule has 0 amide bonds. The highest BCUT2D eigenvalue weighted by atomic mass is 32.2. The van der Waals surface area contributed by atoms with E-state index in [1.807, 2.05) is 6.07 Å². The van der Waals surface area contributed by atoms with Gasteiger partial charge in [0.25, 0.3) is 0 Å². The van der Waals surface area contributed by atoms with Crippen LogP contribution in [-0.2, 0) is 16.6 Å². The smallest absolute Gasteiger partial charge is 0.208 e. The topological polar surface area (TPSA) is 86.9 Å². The van der Waals surface area contributed by atoms with Crippen molar-refractivity contribution in [2.24, 2.45) is 0 Å². The number of imidazole rings is 1. The number of sulfonamides is 1. The zero-order chi connectivity index (χ0) is 21.8. The van der Waals surface area contributed by atoms with E-state index in [0.717, 1.165) is 41.2 Å². The van der Waals surface area contributed by atoms with Crippen molar-refractivity contribution in [2.45, 2.75) is 19.9 Å². The highest BCUT2D eigenvalue weighted by Crippen LogP contribution is 2.34. The molecule has 4 aromatic rings. The fraction of sp³-hybridized carbons (Fsp3) is 0.261. The first-order valence-corrected chi connectivity index (χ1v) is 12.9. The highest BCUT2D eigenvalue weighted by Gasteiger charge is 2.10. The molecule has 4 rings (SSSR count). The minimum absolute atomic E-state index is 0.455. The van der Waals surface area contributed by atoms with Gasteiger partial charge in [0, 0.05) is 18.0 Å². The number of aromatic amines is 1. The summed E-state index contributed by atoms with van der Waals surface area (Å²) in [6.45, 7) is 4.05. The van der Waals surface area contributed by atoms with E-state index in [2.05, 4.69) is 70.5 Å². The fourth-order valence-electron chi connectivity index (χ4n) is 3.40. The van der Waals surface area contributed by atoms with E-state index in [4.69, 9.17) is 4.98 Å². The Bertz CT molecular complexity index is 1270. The molecule has 2 aromatic heterocycles. The van der Waals surface area contributed by atoms with Crippen molar-refractivity contribution in [2.75, 3.05) is 19.3 Å². The summed E-state index contributed by atoms with van der Waals surface area (Å²) in [6.07, 6.45) is 1.93. The number of para-hydroxylation sites is 1. The number of rotatable bonds is 9. The second-order valence-corrected chi connectivity index (χ2v) is 10.5. The molecular formula is C23H26N4O2S2. The van der Waals surface area contributed by atoms with E-state index in [1.165, 1.54) is 27.8 Å². The molecule has 162 valence electrons. The minimum atomic E-state index is -3.10. The maximum Gasteiger partial charge on any atom is 0.208 e. The van der Waals surface area contributed by atoms with Gasteiger partial charge in [0.1, 0.15) is 5.82 Å². The van der Waals surface area contributed by atoms with Gasteiger partial charge in [0.15, 0.2) is 0 Å². The Kier molecular flexibility index (Phi) is 6.52. The average Bonchev–Trinajstić information content (AvgIpc) is 3.38. The number of thiophene rings is 1. The first-order valence-electron chi connectivity index (χ1n) is 10.2. The Balaban J connectivity index is 1.35. The van der Waals surface area contributed by atoms with Crippen molar-refractivity contribution in [3.63, 3.8) is 0 Å². The molecule has 0 spiro atoms. The molecule has 0 saturated carbocycles. The lowest BCUT2D eigenvalue weighted by Gasteiger charge is -2.06. The van der Waals surface area contributed by atoms with Crippen molar-refractivity contribution >= 4 is 32.4 Å². The summed E-state index contributed by atoms with van der Waals surface area (Å²) < 4.78 is 24.6. The maximum absolute atomic E-state index is 11.0. The maximum atomic E-state index is 11.0. The molecule has 0 radical (unpaired) electrons. The van der Waals surface area contributed by atoms with Crippen LogP contribution >= 0.6 is 11.3 Å². The van der Waals surface area contributed by atoms with Gasteiger partial charge in [-0.05, 0) is 54.8 Å². The second kappa shape index (κ2) is 9.32. The van der Waals surface area contributed by atoms with Gasteiger partial charge in [-0.15, -0.1) is 11.3 Å². The van der Waals surface area contributed by atoms with Gasteiger partial charge < -0.3 is 10.3 Å². The van der Waals surface area contributed by atoms with Crippen LogP contribution in [0.3, 0.4) is 0 Å². The van der Waals surface area contributed by atoms with E-state index < -0.39 is 10.0 Å². The van der Waals surface area contributed by atoms with Gasteiger partial charge in [0.05, 0.1) is 22.2 Å². The van der Waals surface area contributed by atoms with Crippen LogP contribution in [0.15, 0.2) is 54.6 Å². The third-order valence-electron chi connectivity index (χ3n) is 5.02. The summed E-state index contributed by atoms with van der Waals surface area (Å²) in [4.78, 5) is 10.5. The van der Waals surface area contributed by atoms with E-state index in [-0.39, 0.29) is 0 Å². The van der Waals surface area contributed by atoms with Crippen molar-refractivity contribution in [3.05, 3.63) is 65.7 Å². The minimum Gasteiger partial charge on any atom is -0.337 e.